The van der Waals surface area contributed by atoms with Crippen LogP contribution in [0.15, 0.2) is 0 Å². The second-order valence-electron chi connectivity index (χ2n) is 7.54. The predicted octanol–water partition coefficient (Wildman–Crippen LogP) is 2.62. The van der Waals surface area contributed by atoms with Gasteiger partial charge in [-0.15, -0.1) is 0 Å². The third kappa shape index (κ3) is 1.76. The molecule has 4 aliphatic carbocycles. The topological polar surface area (TPSA) is 29.3 Å². The van der Waals surface area contributed by atoms with Crippen LogP contribution in [0, 0.1) is 23.7 Å². The van der Waals surface area contributed by atoms with Gasteiger partial charge in [0.1, 0.15) is 0 Å². The molecule has 0 aromatic heterocycles. The molecule has 5 rings (SSSR count). The van der Waals surface area contributed by atoms with Crippen LogP contribution in [0.1, 0.15) is 51.4 Å². The molecule has 0 aromatic rings. The first-order chi connectivity index (χ1) is 8.85. The summed E-state index contributed by atoms with van der Waals surface area (Å²) in [4.78, 5) is 2.87. The highest BCUT2D eigenvalue weighted by atomic mass is 15.2. The number of piperidine rings is 1. The van der Waals surface area contributed by atoms with Crippen LogP contribution < -0.4 is 5.73 Å². The van der Waals surface area contributed by atoms with Crippen LogP contribution in [0.2, 0.25) is 0 Å². The van der Waals surface area contributed by atoms with E-state index in [9.17, 15) is 0 Å². The molecule has 18 heavy (non-hydrogen) atoms. The zero-order chi connectivity index (χ0) is 12.1. The molecule has 102 valence electrons. The average Bonchev–Trinajstić information content (AvgIpc) is 2.38. The van der Waals surface area contributed by atoms with Crippen LogP contribution in [0.5, 0.6) is 0 Å². The van der Waals surface area contributed by atoms with Crippen molar-refractivity contribution in [2.45, 2.75) is 63.5 Å². The molecule has 1 atom stereocenters. The Morgan fingerprint density at radius 3 is 2.17 bits per heavy atom. The summed E-state index contributed by atoms with van der Waals surface area (Å²) >= 11 is 0. The molecular formula is C16H28N2. The lowest BCUT2D eigenvalue weighted by atomic mass is 9.53. The maximum absolute atomic E-state index is 6.05. The highest BCUT2D eigenvalue weighted by Crippen LogP contribution is 2.55. The number of hydrogen-bond acceptors (Lipinski definition) is 2. The van der Waals surface area contributed by atoms with Crippen molar-refractivity contribution in [2.75, 3.05) is 13.1 Å². The van der Waals surface area contributed by atoms with Gasteiger partial charge in [0.25, 0.3) is 0 Å². The van der Waals surface area contributed by atoms with E-state index in [0.717, 1.165) is 36.3 Å². The number of nitrogens with two attached hydrogens (primary N) is 1. The zero-order valence-electron chi connectivity index (χ0n) is 11.6. The molecule has 4 bridgehead atoms. The Labute approximate surface area is 111 Å². The van der Waals surface area contributed by atoms with E-state index in [0.29, 0.717) is 6.04 Å². The largest absolute Gasteiger partial charge is 0.329 e. The third-order valence-corrected chi connectivity index (χ3v) is 6.50. The van der Waals surface area contributed by atoms with E-state index < -0.39 is 0 Å². The molecule has 2 N–H and O–H groups in total. The van der Waals surface area contributed by atoms with Gasteiger partial charge in [-0.1, -0.05) is 6.42 Å². The van der Waals surface area contributed by atoms with Crippen molar-refractivity contribution >= 4 is 0 Å². The second-order valence-corrected chi connectivity index (χ2v) is 7.54. The fraction of sp³-hybridized carbons (Fsp3) is 1.00. The van der Waals surface area contributed by atoms with Gasteiger partial charge in [-0.2, -0.15) is 0 Å². The normalized spacial score (nSPS) is 51.8. The van der Waals surface area contributed by atoms with Crippen molar-refractivity contribution in [3.8, 4) is 0 Å². The smallest absolute Gasteiger partial charge is 0.0221 e. The maximum Gasteiger partial charge on any atom is 0.0221 e. The standard InChI is InChI=1S/C16H28N2/c17-10-15-3-1-2-4-18(15)16-13-6-11-5-12(8-13)9-14(16)7-11/h11-16H,1-10,17H2. The monoisotopic (exact) mass is 248 g/mol. The van der Waals surface area contributed by atoms with E-state index in [1.54, 1.807) is 32.1 Å². The van der Waals surface area contributed by atoms with Gasteiger partial charge < -0.3 is 5.73 Å². The van der Waals surface area contributed by atoms with Gasteiger partial charge >= 0.3 is 0 Å². The Morgan fingerprint density at radius 2 is 1.56 bits per heavy atom. The molecule has 0 aromatic carbocycles. The Bertz CT molecular complexity index is 286. The Kier molecular flexibility index (Phi) is 2.92. The lowest BCUT2D eigenvalue weighted by molar-refractivity contribution is -0.0846. The zero-order valence-corrected chi connectivity index (χ0v) is 11.6. The number of hydrogen-bond donors (Lipinski definition) is 1. The molecule has 0 spiro atoms. The number of likely N-dealkylation sites (tertiary alicyclic amines) is 1. The fourth-order valence-corrected chi connectivity index (χ4v) is 6.11. The summed E-state index contributed by atoms with van der Waals surface area (Å²) < 4.78 is 0. The van der Waals surface area contributed by atoms with Crippen molar-refractivity contribution in [1.29, 1.82) is 0 Å². The van der Waals surface area contributed by atoms with Crippen LogP contribution in [0.25, 0.3) is 0 Å². The lowest BCUT2D eigenvalue weighted by Crippen LogP contribution is -2.60. The average molecular weight is 248 g/mol. The fourth-order valence-electron chi connectivity index (χ4n) is 6.11. The van der Waals surface area contributed by atoms with Crippen molar-refractivity contribution in [3.63, 3.8) is 0 Å². The van der Waals surface area contributed by atoms with E-state index >= 15 is 0 Å². The highest BCUT2D eigenvalue weighted by molar-refractivity contribution is 5.03. The first-order valence-electron chi connectivity index (χ1n) is 8.31. The molecule has 5 aliphatic rings. The van der Waals surface area contributed by atoms with Gasteiger partial charge in [0.15, 0.2) is 0 Å². The van der Waals surface area contributed by atoms with E-state index in [2.05, 4.69) is 4.90 Å². The minimum Gasteiger partial charge on any atom is -0.329 e. The minimum atomic E-state index is 0.710. The molecule has 4 saturated carbocycles. The van der Waals surface area contributed by atoms with E-state index in [-0.39, 0.29) is 0 Å². The molecule has 5 fully saturated rings. The molecule has 2 nitrogen and oxygen atoms in total. The molecule has 1 heterocycles. The van der Waals surface area contributed by atoms with Crippen molar-refractivity contribution in [2.24, 2.45) is 29.4 Å². The summed E-state index contributed by atoms with van der Waals surface area (Å²) in [6, 6.07) is 1.63. The van der Waals surface area contributed by atoms with Crippen molar-refractivity contribution < 1.29 is 0 Å². The summed E-state index contributed by atoms with van der Waals surface area (Å²) in [5.41, 5.74) is 6.05. The summed E-state index contributed by atoms with van der Waals surface area (Å²) in [5, 5.41) is 0. The Hall–Kier alpha value is -0.0800. The van der Waals surface area contributed by atoms with E-state index in [1.165, 1.54) is 25.8 Å². The Morgan fingerprint density at radius 1 is 0.889 bits per heavy atom. The summed E-state index contributed by atoms with van der Waals surface area (Å²) in [6.45, 7) is 2.23. The molecule has 0 radical (unpaired) electrons. The van der Waals surface area contributed by atoms with Crippen LogP contribution in [0.4, 0.5) is 0 Å². The minimum absolute atomic E-state index is 0.710. The second kappa shape index (κ2) is 4.49. The Balaban J connectivity index is 1.56. The van der Waals surface area contributed by atoms with Gasteiger partial charge in [0.05, 0.1) is 0 Å². The molecule has 1 unspecified atom stereocenters. The highest BCUT2D eigenvalue weighted by Gasteiger charge is 2.50. The molecule has 1 saturated heterocycles. The van der Waals surface area contributed by atoms with Crippen LogP contribution in [0.3, 0.4) is 0 Å². The molecule has 0 amide bonds. The summed E-state index contributed by atoms with van der Waals surface area (Å²) in [7, 11) is 0. The summed E-state index contributed by atoms with van der Waals surface area (Å²) in [6.07, 6.45) is 11.9. The van der Waals surface area contributed by atoms with Gasteiger partial charge in [-0.05, 0) is 75.2 Å². The van der Waals surface area contributed by atoms with Gasteiger partial charge in [0, 0.05) is 18.6 Å². The lowest BCUT2D eigenvalue weighted by Gasteiger charge is -2.59. The van der Waals surface area contributed by atoms with E-state index in [4.69, 9.17) is 5.73 Å². The number of nitrogens with zero attached hydrogens (tertiary/aromatic N) is 1. The SMILES string of the molecule is NCC1CCCCN1C1C2CC3CC(C2)CC1C3. The first kappa shape index (κ1) is 11.7. The maximum atomic E-state index is 6.05. The number of rotatable bonds is 2. The van der Waals surface area contributed by atoms with E-state index in [1.807, 2.05) is 0 Å². The third-order valence-electron chi connectivity index (χ3n) is 6.50. The van der Waals surface area contributed by atoms with Gasteiger partial charge in [-0.3, -0.25) is 4.90 Å². The summed E-state index contributed by atoms with van der Waals surface area (Å²) in [5.74, 6) is 4.27. The molecule has 1 aliphatic heterocycles. The molecule has 2 heteroatoms. The van der Waals surface area contributed by atoms with Gasteiger partial charge in [0.2, 0.25) is 0 Å². The predicted molar refractivity (Wildman–Crippen MR) is 74.2 cm³/mol. The first-order valence-corrected chi connectivity index (χ1v) is 8.31. The van der Waals surface area contributed by atoms with Crippen LogP contribution >= 0.6 is 0 Å². The van der Waals surface area contributed by atoms with Crippen molar-refractivity contribution in [1.82, 2.24) is 4.90 Å². The quantitative estimate of drug-likeness (QED) is 0.814. The van der Waals surface area contributed by atoms with Crippen LogP contribution in [-0.2, 0) is 0 Å². The van der Waals surface area contributed by atoms with Crippen molar-refractivity contribution in [3.05, 3.63) is 0 Å². The molecular weight excluding hydrogens is 220 g/mol. The van der Waals surface area contributed by atoms with Gasteiger partial charge in [-0.25, -0.2) is 0 Å². The van der Waals surface area contributed by atoms with Crippen LogP contribution in [-0.4, -0.2) is 30.1 Å².